The number of aromatic nitrogens is 2. The number of H-pyrrole nitrogens is 1. The fourth-order valence-corrected chi connectivity index (χ4v) is 3.98. The number of allylic oxidation sites excluding steroid dienone is 3. The highest BCUT2D eigenvalue weighted by Gasteiger charge is 2.39. The number of rotatable bonds is 4. The number of nitrogens with one attached hydrogen (secondary N) is 1. The fraction of sp³-hybridized carbons (Fsp3) is 0.333. The molecule has 0 spiro atoms. The first-order valence-corrected chi connectivity index (χ1v) is 9.27. The average Bonchev–Trinajstić information content (AvgIpc) is 3.11. The number of ether oxygens (including phenoxy) is 2. The third kappa shape index (κ3) is 3.06. The summed E-state index contributed by atoms with van der Waals surface area (Å²) in [5.41, 5.74) is 9.31. The van der Waals surface area contributed by atoms with Gasteiger partial charge in [-0.25, -0.2) is 0 Å². The van der Waals surface area contributed by atoms with Crippen molar-refractivity contribution in [1.29, 1.82) is 5.26 Å². The summed E-state index contributed by atoms with van der Waals surface area (Å²) in [6.45, 7) is 2.58. The van der Waals surface area contributed by atoms with Gasteiger partial charge in [0, 0.05) is 11.5 Å². The van der Waals surface area contributed by atoms with Gasteiger partial charge >= 0.3 is 0 Å². The molecule has 4 rings (SSSR count). The number of nitriles is 1. The quantitative estimate of drug-likeness (QED) is 0.801. The zero-order valence-electron chi connectivity index (χ0n) is 15.2. The zero-order valence-corrected chi connectivity index (χ0v) is 15.2. The van der Waals surface area contributed by atoms with Gasteiger partial charge in [0.15, 0.2) is 0 Å². The Morgan fingerprint density at radius 3 is 2.81 bits per heavy atom. The molecule has 0 bridgehead atoms. The van der Waals surface area contributed by atoms with Crippen LogP contribution in [0.15, 0.2) is 47.9 Å². The van der Waals surface area contributed by atoms with Crippen LogP contribution >= 0.6 is 0 Å². The molecule has 6 nitrogen and oxygen atoms in total. The first-order valence-electron chi connectivity index (χ1n) is 9.27. The van der Waals surface area contributed by atoms with Crippen molar-refractivity contribution in [2.45, 2.75) is 32.1 Å². The Bertz CT molecular complexity index is 934. The Morgan fingerprint density at radius 1 is 1.33 bits per heavy atom. The van der Waals surface area contributed by atoms with Gasteiger partial charge in [-0.05, 0) is 56.4 Å². The second-order valence-electron chi connectivity index (χ2n) is 6.79. The topological polar surface area (TPSA) is 97.0 Å². The molecule has 3 N–H and O–H groups in total. The summed E-state index contributed by atoms with van der Waals surface area (Å²) in [6.07, 6.45) is 7.30. The SMILES string of the molecule is CCOc1ccc(-c2[nH]nc3c2[C@@H]([C@H]2CC=CCC2)C(C#N)=C(N)O3)cc1. The molecule has 1 aromatic heterocycles. The lowest BCUT2D eigenvalue weighted by molar-refractivity contribution is 0.340. The summed E-state index contributed by atoms with van der Waals surface area (Å²) < 4.78 is 11.2. The van der Waals surface area contributed by atoms with Crippen LogP contribution in [0.2, 0.25) is 0 Å². The summed E-state index contributed by atoms with van der Waals surface area (Å²) in [6, 6.07) is 10.1. The van der Waals surface area contributed by atoms with Gasteiger partial charge in [-0.15, -0.1) is 5.10 Å². The Hall–Kier alpha value is -3.20. The van der Waals surface area contributed by atoms with Crippen molar-refractivity contribution in [2.24, 2.45) is 11.7 Å². The molecule has 0 fully saturated rings. The van der Waals surface area contributed by atoms with Crippen LogP contribution in [0.1, 0.15) is 37.7 Å². The largest absolute Gasteiger partial charge is 0.494 e. The predicted molar refractivity (Wildman–Crippen MR) is 102 cm³/mol. The highest BCUT2D eigenvalue weighted by Crippen LogP contribution is 2.48. The normalized spacial score (nSPS) is 21.3. The molecule has 2 aromatic rings. The van der Waals surface area contributed by atoms with Crippen LogP contribution in [-0.4, -0.2) is 16.8 Å². The first kappa shape index (κ1) is 17.2. The van der Waals surface area contributed by atoms with Gasteiger partial charge in [0.05, 0.1) is 23.4 Å². The molecule has 6 heteroatoms. The third-order valence-corrected chi connectivity index (χ3v) is 5.22. The Labute approximate surface area is 158 Å². The van der Waals surface area contributed by atoms with E-state index in [4.69, 9.17) is 15.2 Å². The van der Waals surface area contributed by atoms with Crippen molar-refractivity contribution in [3.8, 4) is 29.0 Å². The Morgan fingerprint density at radius 2 is 2.15 bits per heavy atom. The number of nitrogens with two attached hydrogens (primary N) is 1. The summed E-state index contributed by atoms with van der Waals surface area (Å²) >= 11 is 0. The van der Waals surface area contributed by atoms with E-state index < -0.39 is 0 Å². The van der Waals surface area contributed by atoms with Crippen LogP contribution in [0.25, 0.3) is 11.3 Å². The predicted octanol–water partition coefficient (Wildman–Crippen LogP) is 4.00. The molecule has 1 aromatic carbocycles. The molecule has 2 heterocycles. The van der Waals surface area contributed by atoms with Crippen molar-refractivity contribution < 1.29 is 9.47 Å². The molecule has 0 amide bonds. The maximum absolute atomic E-state index is 9.75. The van der Waals surface area contributed by atoms with Crippen LogP contribution in [0.5, 0.6) is 11.6 Å². The molecule has 0 unspecified atom stereocenters. The highest BCUT2D eigenvalue weighted by atomic mass is 16.5. The first-order chi connectivity index (χ1) is 13.2. The van der Waals surface area contributed by atoms with E-state index in [1.807, 2.05) is 31.2 Å². The van der Waals surface area contributed by atoms with E-state index in [1.54, 1.807) is 0 Å². The summed E-state index contributed by atoms with van der Waals surface area (Å²) in [5.74, 6) is 1.62. The number of nitrogens with zero attached hydrogens (tertiary/aromatic N) is 2. The van der Waals surface area contributed by atoms with Gasteiger partial charge < -0.3 is 15.2 Å². The summed E-state index contributed by atoms with van der Waals surface area (Å²) in [4.78, 5) is 0. The molecule has 1 aliphatic carbocycles. The summed E-state index contributed by atoms with van der Waals surface area (Å²) in [5, 5.41) is 17.2. The van der Waals surface area contributed by atoms with Crippen molar-refractivity contribution in [3.63, 3.8) is 0 Å². The van der Waals surface area contributed by atoms with Crippen LogP contribution in [0, 0.1) is 17.2 Å². The number of hydrogen-bond donors (Lipinski definition) is 2. The van der Waals surface area contributed by atoms with Gasteiger partial charge in [0.25, 0.3) is 0 Å². The van der Waals surface area contributed by atoms with Crippen LogP contribution < -0.4 is 15.2 Å². The number of benzene rings is 1. The van der Waals surface area contributed by atoms with Gasteiger partial charge in [0.1, 0.15) is 11.8 Å². The number of aromatic amines is 1. The third-order valence-electron chi connectivity index (χ3n) is 5.22. The lowest BCUT2D eigenvalue weighted by Gasteiger charge is -2.31. The van der Waals surface area contributed by atoms with Gasteiger partial charge in [0.2, 0.25) is 11.8 Å². The van der Waals surface area contributed by atoms with Crippen LogP contribution in [0.3, 0.4) is 0 Å². The fourth-order valence-electron chi connectivity index (χ4n) is 3.98. The molecule has 27 heavy (non-hydrogen) atoms. The molecular formula is C21H22N4O2. The molecule has 0 saturated heterocycles. The standard InChI is InChI=1S/C21H22N4O2/c1-2-26-15-10-8-14(9-11-15)19-18-17(13-6-4-3-5-7-13)16(12-22)20(23)27-21(18)25-24-19/h3-4,8-11,13,17H,2,5-7,23H2,1H3,(H,24,25)/t13-,17-/m0/s1. The van der Waals surface area contributed by atoms with E-state index in [1.165, 1.54) is 0 Å². The molecule has 138 valence electrons. The lowest BCUT2D eigenvalue weighted by atomic mass is 9.74. The van der Waals surface area contributed by atoms with Crippen molar-refractivity contribution in [2.75, 3.05) is 6.61 Å². The van der Waals surface area contributed by atoms with E-state index >= 15 is 0 Å². The second kappa shape index (κ2) is 7.20. The number of fused-ring (bicyclic) bond motifs is 1. The van der Waals surface area contributed by atoms with Gasteiger partial charge in [-0.2, -0.15) is 5.26 Å². The van der Waals surface area contributed by atoms with E-state index in [0.29, 0.717) is 24.0 Å². The Kier molecular flexibility index (Phi) is 4.59. The van der Waals surface area contributed by atoms with E-state index in [2.05, 4.69) is 28.4 Å². The van der Waals surface area contributed by atoms with Gasteiger partial charge in [-0.3, -0.25) is 5.10 Å². The average molecular weight is 362 g/mol. The van der Waals surface area contributed by atoms with Crippen molar-refractivity contribution >= 4 is 0 Å². The lowest BCUT2D eigenvalue weighted by Crippen LogP contribution is -2.25. The monoisotopic (exact) mass is 362 g/mol. The molecular weight excluding hydrogens is 340 g/mol. The second-order valence-corrected chi connectivity index (χ2v) is 6.79. The molecule has 2 aliphatic rings. The van der Waals surface area contributed by atoms with Crippen LogP contribution in [0.4, 0.5) is 0 Å². The Balaban J connectivity index is 1.79. The minimum absolute atomic E-state index is 0.121. The van der Waals surface area contributed by atoms with E-state index in [-0.39, 0.29) is 11.8 Å². The molecule has 2 atom stereocenters. The smallest absolute Gasteiger partial charge is 0.244 e. The highest BCUT2D eigenvalue weighted by molar-refractivity contribution is 5.69. The molecule has 1 aliphatic heterocycles. The molecule has 0 radical (unpaired) electrons. The number of hydrogen-bond acceptors (Lipinski definition) is 5. The zero-order chi connectivity index (χ0) is 18.8. The molecule has 0 saturated carbocycles. The van der Waals surface area contributed by atoms with E-state index in [0.717, 1.165) is 41.8 Å². The maximum atomic E-state index is 9.75. The maximum Gasteiger partial charge on any atom is 0.244 e. The van der Waals surface area contributed by atoms with E-state index in [9.17, 15) is 5.26 Å². The summed E-state index contributed by atoms with van der Waals surface area (Å²) in [7, 11) is 0. The minimum atomic E-state index is -0.121. The van der Waals surface area contributed by atoms with Crippen LogP contribution in [-0.2, 0) is 0 Å². The van der Waals surface area contributed by atoms with Crippen molar-refractivity contribution in [1.82, 2.24) is 10.2 Å². The van der Waals surface area contributed by atoms with Gasteiger partial charge in [-0.1, -0.05) is 12.2 Å². The van der Waals surface area contributed by atoms with Crippen molar-refractivity contribution in [3.05, 3.63) is 53.4 Å². The minimum Gasteiger partial charge on any atom is -0.494 e.